The molecule has 1 aliphatic rings. The first-order chi connectivity index (χ1) is 10.4. The van der Waals surface area contributed by atoms with Gasteiger partial charge in [0.1, 0.15) is 6.04 Å². The number of imide groups is 1. The molecule has 0 saturated carbocycles. The Hall–Kier alpha value is -1.59. The Morgan fingerprint density at radius 3 is 2.50 bits per heavy atom. The van der Waals surface area contributed by atoms with Crippen molar-refractivity contribution in [2.45, 2.75) is 32.9 Å². The Labute approximate surface area is 136 Å². The topological polar surface area (TPSA) is 52.7 Å². The zero-order valence-corrected chi connectivity index (χ0v) is 13.9. The molecule has 1 aliphatic heterocycles. The quantitative estimate of drug-likeness (QED) is 0.819. The van der Waals surface area contributed by atoms with E-state index >= 15 is 0 Å². The van der Waals surface area contributed by atoms with Crippen LogP contribution in [-0.4, -0.2) is 41.5 Å². The van der Waals surface area contributed by atoms with Gasteiger partial charge in [0.05, 0.1) is 6.67 Å². The highest BCUT2D eigenvalue weighted by Gasteiger charge is 2.38. The fourth-order valence-corrected chi connectivity index (χ4v) is 2.66. The molecule has 1 N–H and O–H groups in total. The molecule has 0 aliphatic carbocycles. The van der Waals surface area contributed by atoms with Gasteiger partial charge in [-0.2, -0.15) is 0 Å². The standard InChI is InChI=1S/C16H22ClN3O2/c1-11(2)8-14-15(21)20(16(22)18-14)10-19(3)9-12-4-6-13(17)7-5-12/h4-7,11,14H,8-10H2,1-3H3,(H,18,22)/t14-/m0/s1. The van der Waals surface area contributed by atoms with Crippen molar-refractivity contribution in [3.63, 3.8) is 0 Å². The molecule has 0 spiro atoms. The molecule has 1 atom stereocenters. The summed E-state index contributed by atoms with van der Waals surface area (Å²) in [5.41, 5.74) is 1.08. The molecule has 1 saturated heterocycles. The molecule has 0 radical (unpaired) electrons. The van der Waals surface area contributed by atoms with E-state index in [-0.39, 0.29) is 18.6 Å². The third kappa shape index (κ3) is 4.21. The van der Waals surface area contributed by atoms with Crippen LogP contribution < -0.4 is 5.32 Å². The molecule has 120 valence electrons. The average molecular weight is 324 g/mol. The highest BCUT2D eigenvalue weighted by Crippen LogP contribution is 2.16. The predicted molar refractivity (Wildman–Crippen MR) is 86.4 cm³/mol. The van der Waals surface area contributed by atoms with Crippen molar-refractivity contribution in [2.75, 3.05) is 13.7 Å². The van der Waals surface area contributed by atoms with Gasteiger partial charge in [-0.1, -0.05) is 37.6 Å². The first-order valence-corrected chi connectivity index (χ1v) is 7.79. The van der Waals surface area contributed by atoms with Gasteiger partial charge in [0, 0.05) is 11.6 Å². The molecule has 1 heterocycles. The Kier molecular flexibility index (Phi) is 5.42. The SMILES string of the molecule is CC(C)C[C@@H]1NC(=O)N(CN(C)Cc2ccc(Cl)cc2)C1=O. The van der Waals surface area contributed by atoms with Crippen molar-refractivity contribution >= 4 is 23.5 Å². The van der Waals surface area contributed by atoms with Crippen molar-refractivity contribution in [3.8, 4) is 0 Å². The lowest BCUT2D eigenvalue weighted by Gasteiger charge is -2.22. The van der Waals surface area contributed by atoms with Crippen LogP contribution in [0.1, 0.15) is 25.8 Å². The normalized spacial score (nSPS) is 18.5. The van der Waals surface area contributed by atoms with Gasteiger partial charge in [0.15, 0.2) is 0 Å². The van der Waals surface area contributed by atoms with E-state index in [0.29, 0.717) is 23.9 Å². The number of rotatable bonds is 6. The number of carbonyl (C=O) groups is 2. The summed E-state index contributed by atoms with van der Waals surface area (Å²) >= 11 is 5.86. The summed E-state index contributed by atoms with van der Waals surface area (Å²) in [6.07, 6.45) is 0.669. The Balaban J connectivity index is 1.93. The minimum atomic E-state index is -0.392. The molecule has 0 bridgehead atoms. The third-order valence-corrected chi connectivity index (χ3v) is 3.81. The van der Waals surface area contributed by atoms with Crippen LogP contribution in [0, 0.1) is 5.92 Å². The summed E-state index contributed by atoms with van der Waals surface area (Å²) in [5, 5.41) is 3.45. The lowest BCUT2D eigenvalue weighted by molar-refractivity contribution is -0.129. The Morgan fingerprint density at radius 1 is 1.27 bits per heavy atom. The second-order valence-electron chi connectivity index (χ2n) is 6.18. The van der Waals surface area contributed by atoms with Gasteiger partial charge in [0.2, 0.25) is 0 Å². The van der Waals surface area contributed by atoms with E-state index in [0.717, 1.165) is 5.56 Å². The lowest BCUT2D eigenvalue weighted by Crippen LogP contribution is -2.40. The van der Waals surface area contributed by atoms with Crippen molar-refractivity contribution in [3.05, 3.63) is 34.9 Å². The van der Waals surface area contributed by atoms with Crippen LogP contribution in [0.15, 0.2) is 24.3 Å². The van der Waals surface area contributed by atoms with E-state index in [1.54, 1.807) is 0 Å². The van der Waals surface area contributed by atoms with E-state index in [1.807, 2.05) is 50.1 Å². The number of urea groups is 1. The molecule has 1 aromatic carbocycles. The van der Waals surface area contributed by atoms with E-state index in [1.165, 1.54) is 4.90 Å². The number of amides is 3. The number of halogens is 1. The third-order valence-electron chi connectivity index (χ3n) is 3.56. The highest BCUT2D eigenvalue weighted by atomic mass is 35.5. The largest absolute Gasteiger partial charge is 0.326 e. The van der Waals surface area contributed by atoms with Crippen LogP contribution in [0.5, 0.6) is 0 Å². The molecule has 6 heteroatoms. The van der Waals surface area contributed by atoms with E-state index < -0.39 is 6.04 Å². The van der Waals surface area contributed by atoms with Gasteiger partial charge in [-0.25, -0.2) is 9.69 Å². The van der Waals surface area contributed by atoms with Crippen molar-refractivity contribution in [1.29, 1.82) is 0 Å². The molecule has 0 aromatic heterocycles. The number of hydrogen-bond donors (Lipinski definition) is 1. The fourth-order valence-electron chi connectivity index (χ4n) is 2.53. The summed E-state index contributed by atoms with van der Waals surface area (Å²) in [5.74, 6) is 0.225. The minimum Gasteiger partial charge on any atom is -0.326 e. The van der Waals surface area contributed by atoms with Gasteiger partial charge in [-0.3, -0.25) is 9.69 Å². The maximum atomic E-state index is 12.3. The molecule has 1 aromatic rings. The fraction of sp³-hybridized carbons (Fsp3) is 0.500. The molecule has 22 heavy (non-hydrogen) atoms. The molecule has 2 rings (SSSR count). The van der Waals surface area contributed by atoms with Gasteiger partial charge in [-0.05, 0) is 37.1 Å². The number of nitrogens with one attached hydrogen (secondary N) is 1. The van der Waals surface area contributed by atoms with Crippen LogP contribution in [0.2, 0.25) is 5.02 Å². The van der Waals surface area contributed by atoms with E-state index in [4.69, 9.17) is 11.6 Å². The zero-order chi connectivity index (χ0) is 16.3. The Bertz CT molecular complexity index is 545. The van der Waals surface area contributed by atoms with Gasteiger partial charge in [-0.15, -0.1) is 0 Å². The molecule has 0 unspecified atom stereocenters. The maximum absolute atomic E-state index is 12.3. The summed E-state index contributed by atoms with van der Waals surface area (Å²) in [7, 11) is 1.88. The Morgan fingerprint density at radius 2 is 1.91 bits per heavy atom. The minimum absolute atomic E-state index is 0.137. The molecular formula is C16H22ClN3O2. The lowest BCUT2D eigenvalue weighted by atomic mass is 10.0. The van der Waals surface area contributed by atoms with E-state index in [2.05, 4.69) is 5.32 Å². The van der Waals surface area contributed by atoms with Crippen LogP contribution in [0.25, 0.3) is 0 Å². The highest BCUT2D eigenvalue weighted by molar-refractivity contribution is 6.30. The van der Waals surface area contributed by atoms with Crippen LogP contribution in [0.4, 0.5) is 4.79 Å². The summed E-state index contributed by atoms with van der Waals surface area (Å²) in [6, 6.07) is 6.84. The number of nitrogens with zero attached hydrogens (tertiary/aromatic N) is 2. The van der Waals surface area contributed by atoms with Crippen molar-refractivity contribution in [2.24, 2.45) is 5.92 Å². The van der Waals surface area contributed by atoms with Crippen molar-refractivity contribution < 1.29 is 9.59 Å². The van der Waals surface area contributed by atoms with Crippen LogP contribution in [-0.2, 0) is 11.3 Å². The van der Waals surface area contributed by atoms with Gasteiger partial charge >= 0.3 is 6.03 Å². The molecule has 5 nitrogen and oxygen atoms in total. The average Bonchev–Trinajstić information content (AvgIpc) is 2.68. The number of hydrogen-bond acceptors (Lipinski definition) is 3. The maximum Gasteiger partial charge on any atom is 0.325 e. The summed E-state index contributed by atoms with van der Waals surface area (Å²) in [6.45, 7) is 4.99. The second kappa shape index (κ2) is 7.11. The first kappa shape index (κ1) is 16.8. The summed E-state index contributed by atoms with van der Waals surface area (Å²) in [4.78, 5) is 27.5. The first-order valence-electron chi connectivity index (χ1n) is 7.41. The molecule has 1 fully saturated rings. The zero-order valence-electron chi connectivity index (χ0n) is 13.2. The predicted octanol–water partition coefficient (Wildman–Crippen LogP) is 2.70. The van der Waals surface area contributed by atoms with Crippen LogP contribution in [0.3, 0.4) is 0 Å². The smallest absolute Gasteiger partial charge is 0.325 e. The van der Waals surface area contributed by atoms with E-state index in [9.17, 15) is 9.59 Å². The van der Waals surface area contributed by atoms with Crippen LogP contribution >= 0.6 is 11.6 Å². The van der Waals surface area contributed by atoms with Gasteiger partial charge in [0.25, 0.3) is 5.91 Å². The monoisotopic (exact) mass is 323 g/mol. The summed E-state index contributed by atoms with van der Waals surface area (Å²) < 4.78 is 0. The van der Waals surface area contributed by atoms with Crippen molar-refractivity contribution in [1.82, 2.24) is 15.1 Å². The molecular weight excluding hydrogens is 302 g/mol. The number of carbonyl (C=O) groups excluding carboxylic acids is 2. The molecule has 3 amide bonds. The number of benzene rings is 1. The second-order valence-corrected chi connectivity index (χ2v) is 6.62. The van der Waals surface area contributed by atoms with Gasteiger partial charge < -0.3 is 5.32 Å².